The number of unbranched alkanes of at least 4 members (excludes halogenated alkanes) is 16. The largest absolute Gasteiger partial charge is 0.466 e. The standard InChI is InChI=1S/C52H100N2O7/c1-6-10-20-28-47(29-21-11-7-2)36-43-59-50(55)34-26-18-14-16-24-32-49(61-52(57)46-58-45-42-54-40-38-53(5)39-41-54)33-25-17-15-19-27-35-51(56)60-44-37-48(30-22-12-8-3)31-23-13-9-4/h47-49H,6-46H2,1-5H3. The SMILES string of the molecule is CCCCCC(CCCCC)CCOC(=O)CCCCCCCC(CCCCCCCC(=O)OCCC(CCCCC)CCCCC)OC(=O)COCCN1CCN(C)CC1. The Balaban J connectivity index is 2.35. The van der Waals surface area contributed by atoms with Crippen molar-refractivity contribution in [1.29, 1.82) is 0 Å². The number of likely N-dealkylation sites (N-methyl/N-ethyl adjacent to an activating group) is 1. The Labute approximate surface area is 377 Å². The highest BCUT2D eigenvalue weighted by atomic mass is 16.6. The van der Waals surface area contributed by atoms with Gasteiger partial charge in [-0.1, -0.05) is 169 Å². The molecule has 0 radical (unpaired) electrons. The van der Waals surface area contributed by atoms with Crippen LogP contribution in [-0.4, -0.2) is 100 Å². The van der Waals surface area contributed by atoms with Gasteiger partial charge in [0, 0.05) is 45.6 Å². The lowest BCUT2D eigenvalue weighted by Crippen LogP contribution is -2.45. The lowest BCUT2D eigenvalue weighted by Gasteiger charge is -2.32. The lowest BCUT2D eigenvalue weighted by molar-refractivity contribution is -0.155. The Bertz CT molecular complexity index is 928. The van der Waals surface area contributed by atoms with Crippen molar-refractivity contribution in [2.45, 2.75) is 239 Å². The van der Waals surface area contributed by atoms with Crippen LogP contribution in [0.15, 0.2) is 0 Å². The van der Waals surface area contributed by atoms with E-state index in [1.165, 1.54) is 103 Å². The number of hydrogen-bond acceptors (Lipinski definition) is 9. The Morgan fingerprint density at radius 3 is 1.26 bits per heavy atom. The number of carbonyl (C=O) groups excluding carboxylic acids is 3. The summed E-state index contributed by atoms with van der Waals surface area (Å²) in [5, 5.41) is 0. The average molecular weight is 865 g/mol. The Hall–Kier alpha value is -1.71. The highest BCUT2D eigenvalue weighted by Crippen LogP contribution is 2.23. The van der Waals surface area contributed by atoms with Gasteiger partial charge < -0.3 is 23.8 Å². The first-order valence-corrected chi connectivity index (χ1v) is 26.3. The zero-order valence-electron chi connectivity index (χ0n) is 41.0. The molecule has 1 heterocycles. The fraction of sp³-hybridized carbons (Fsp3) is 0.942. The van der Waals surface area contributed by atoms with Crippen LogP contribution in [-0.2, 0) is 33.3 Å². The van der Waals surface area contributed by atoms with E-state index in [0.29, 0.717) is 44.5 Å². The smallest absolute Gasteiger partial charge is 0.332 e. The van der Waals surface area contributed by atoms with Crippen molar-refractivity contribution < 1.29 is 33.3 Å². The zero-order chi connectivity index (χ0) is 44.4. The van der Waals surface area contributed by atoms with E-state index in [2.05, 4.69) is 44.5 Å². The minimum absolute atomic E-state index is 0.00713. The summed E-state index contributed by atoms with van der Waals surface area (Å²) in [5.41, 5.74) is 0. The second-order valence-corrected chi connectivity index (χ2v) is 18.7. The van der Waals surface area contributed by atoms with E-state index in [4.69, 9.17) is 18.9 Å². The van der Waals surface area contributed by atoms with Gasteiger partial charge >= 0.3 is 17.9 Å². The van der Waals surface area contributed by atoms with Crippen LogP contribution in [0.5, 0.6) is 0 Å². The maximum Gasteiger partial charge on any atom is 0.332 e. The van der Waals surface area contributed by atoms with E-state index in [0.717, 1.165) is 123 Å². The summed E-state index contributed by atoms with van der Waals surface area (Å²) in [6.07, 6.45) is 35.1. The molecular formula is C52H100N2O7. The molecule has 1 fully saturated rings. The summed E-state index contributed by atoms with van der Waals surface area (Å²) in [6, 6.07) is 0. The van der Waals surface area contributed by atoms with Crippen molar-refractivity contribution in [3.8, 4) is 0 Å². The van der Waals surface area contributed by atoms with Crippen molar-refractivity contribution in [3.05, 3.63) is 0 Å². The van der Waals surface area contributed by atoms with E-state index in [1.54, 1.807) is 0 Å². The van der Waals surface area contributed by atoms with E-state index in [9.17, 15) is 14.4 Å². The minimum atomic E-state index is -0.262. The van der Waals surface area contributed by atoms with Crippen molar-refractivity contribution in [1.82, 2.24) is 9.80 Å². The van der Waals surface area contributed by atoms with Crippen LogP contribution in [0, 0.1) is 11.8 Å². The number of carbonyl (C=O) groups is 3. The maximum absolute atomic E-state index is 12.8. The summed E-state index contributed by atoms with van der Waals surface area (Å²) in [5.74, 6) is 1.01. The molecule has 0 spiro atoms. The van der Waals surface area contributed by atoms with Crippen LogP contribution in [0.25, 0.3) is 0 Å². The van der Waals surface area contributed by atoms with E-state index >= 15 is 0 Å². The van der Waals surface area contributed by atoms with Crippen molar-refractivity contribution >= 4 is 17.9 Å². The summed E-state index contributed by atoms with van der Waals surface area (Å²) in [6.45, 7) is 15.8. The molecule has 0 N–H and O–H groups in total. The molecule has 9 heteroatoms. The number of hydrogen-bond donors (Lipinski definition) is 0. The minimum Gasteiger partial charge on any atom is -0.466 e. The van der Waals surface area contributed by atoms with Gasteiger partial charge in [0.1, 0.15) is 12.7 Å². The molecule has 0 aromatic carbocycles. The zero-order valence-corrected chi connectivity index (χ0v) is 41.0. The van der Waals surface area contributed by atoms with Crippen LogP contribution in [0.2, 0.25) is 0 Å². The molecule has 1 aliphatic rings. The van der Waals surface area contributed by atoms with Gasteiger partial charge in [-0.3, -0.25) is 14.5 Å². The van der Waals surface area contributed by atoms with Crippen molar-refractivity contribution in [2.24, 2.45) is 11.8 Å². The quantitative estimate of drug-likeness (QED) is 0.0337. The fourth-order valence-corrected chi connectivity index (χ4v) is 8.67. The number of piperazine rings is 1. The van der Waals surface area contributed by atoms with Gasteiger partial charge in [0.2, 0.25) is 0 Å². The van der Waals surface area contributed by atoms with Crippen molar-refractivity contribution in [3.63, 3.8) is 0 Å². The highest BCUT2D eigenvalue weighted by molar-refractivity contribution is 5.71. The Morgan fingerprint density at radius 1 is 0.443 bits per heavy atom. The number of rotatable bonds is 44. The van der Waals surface area contributed by atoms with Gasteiger partial charge in [-0.2, -0.15) is 0 Å². The number of ether oxygens (including phenoxy) is 4. The molecule has 9 nitrogen and oxygen atoms in total. The molecule has 0 atom stereocenters. The van der Waals surface area contributed by atoms with Crippen LogP contribution < -0.4 is 0 Å². The van der Waals surface area contributed by atoms with Crippen LogP contribution >= 0.6 is 0 Å². The molecule has 0 amide bonds. The third-order valence-corrected chi connectivity index (χ3v) is 12.9. The second-order valence-electron chi connectivity index (χ2n) is 18.7. The van der Waals surface area contributed by atoms with Gasteiger partial charge in [-0.25, -0.2) is 4.79 Å². The molecule has 360 valence electrons. The molecule has 1 rings (SSSR count). The molecule has 0 bridgehead atoms. The topological polar surface area (TPSA) is 94.6 Å². The van der Waals surface area contributed by atoms with Crippen LogP contribution in [0.1, 0.15) is 233 Å². The van der Waals surface area contributed by atoms with Gasteiger partial charge in [0.05, 0.1) is 19.8 Å². The van der Waals surface area contributed by atoms with E-state index in [-0.39, 0.29) is 30.6 Å². The van der Waals surface area contributed by atoms with Gasteiger partial charge in [0.25, 0.3) is 0 Å². The van der Waals surface area contributed by atoms with Gasteiger partial charge in [-0.05, 0) is 70.3 Å². The fourth-order valence-electron chi connectivity index (χ4n) is 8.67. The molecule has 61 heavy (non-hydrogen) atoms. The maximum atomic E-state index is 12.8. The lowest BCUT2D eigenvalue weighted by atomic mass is 9.92. The van der Waals surface area contributed by atoms with Crippen LogP contribution in [0.3, 0.4) is 0 Å². The monoisotopic (exact) mass is 865 g/mol. The first-order valence-electron chi connectivity index (χ1n) is 26.3. The van der Waals surface area contributed by atoms with Crippen molar-refractivity contribution in [2.75, 3.05) is 66.2 Å². The molecule has 1 saturated heterocycles. The molecule has 0 unspecified atom stereocenters. The summed E-state index contributed by atoms with van der Waals surface area (Å²) >= 11 is 0. The highest BCUT2D eigenvalue weighted by Gasteiger charge is 2.17. The summed E-state index contributed by atoms with van der Waals surface area (Å²) < 4.78 is 23.0. The van der Waals surface area contributed by atoms with E-state index < -0.39 is 0 Å². The van der Waals surface area contributed by atoms with E-state index in [1.807, 2.05) is 0 Å². The number of nitrogens with zero attached hydrogens (tertiary/aromatic N) is 2. The second kappa shape index (κ2) is 42.3. The predicted molar refractivity (Wildman–Crippen MR) is 254 cm³/mol. The third-order valence-electron chi connectivity index (χ3n) is 12.9. The predicted octanol–water partition coefficient (Wildman–Crippen LogP) is 13.0. The normalized spacial score (nSPS) is 13.8. The first-order chi connectivity index (χ1) is 29.8. The molecule has 0 aromatic heterocycles. The Kier molecular flexibility index (Phi) is 39.7. The molecule has 0 saturated carbocycles. The Morgan fingerprint density at radius 2 is 0.836 bits per heavy atom. The number of esters is 3. The molecular weight excluding hydrogens is 765 g/mol. The summed E-state index contributed by atoms with van der Waals surface area (Å²) in [4.78, 5) is 42.5. The molecule has 0 aliphatic carbocycles. The first kappa shape index (κ1) is 57.3. The van der Waals surface area contributed by atoms with Crippen LogP contribution in [0.4, 0.5) is 0 Å². The third kappa shape index (κ3) is 36.3. The average Bonchev–Trinajstić information content (AvgIpc) is 3.25. The molecule has 1 aliphatic heterocycles. The van der Waals surface area contributed by atoms with Gasteiger partial charge in [-0.15, -0.1) is 0 Å². The van der Waals surface area contributed by atoms with Gasteiger partial charge in [0.15, 0.2) is 0 Å². The molecule has 0 aromatic rings. The summed E-state index contributed by atoms with van der Waals surface area (Å²) in [7, 11) is 2.15.